The number of amides is 1. The number of imidazole rings is 1. The highest BCUT2D eigenvalue weighted by atomic mass is 35.5. The van der Waals surface area contributed by atoms with Crippen molar-refractivity contribution in [2.45, 2.75) is 37.6 Å². The molecule has 7 nitrogen and oxygen atoms in total. The summed E-state index contributed by atoms with van der Waals surface area (Å²) in [5.74, 6) is 1.64. The van der Waals surface area contributed by atoms with Gasteiger partial charge in [0.2, 0.25) is 11.8 Å². The highest BCUT2D eigenvalue weighted by molar-refractivity contribution is 6.30. The molecule has 2 fully saturated rings. The smallest absolute Gasteiger partial charge is 0.229 e. The number of nitrogens with zero attached hydrogens (tertiary/aromatic N) is 3. The maximum atomic E-state index is 12.9. The lowest BCUT2D eigenvalue weighted by molar-refractivity contribution is -0.117. The molecule has 0 unspecified atom stereocenters. The molecule has 2 aliphatic rings. The Labute approximate surface area is 208 Å². The average Bonchev–Trinajstić information content (AvgIpc) is 3.78. The molecule has 0 saturated heterocycles. The van der Waals surface area contributed by atoms with Crippen LogP contribution in [0.4, 0.5) is 11.5 Å². The first-order chi connectivity index (χ1) is 17.1. The molecule has 178 valence electrons. The van der Waals surface area contributed by atoms with Crippen LogP contribution in [0, 0.1) is 5.92 Å². The third-order valence-electron chi connectivity index (χ3n) is 6.71. The quantitative estimate of drug-likeness (QED) is 0.337. The fourth-order valence-corrected chi connectivity index (χ4v) is 4.78. The van der Waals surface area contributed by atoms with Gasteiger partial charge >= 0.3 is 0 Å². The van der Waals surface area contributed by atoms with E-state index in [1.807, 2.05) is 36.4 Å². The summed E-state index contributed by atoms with van der Waals surface area (Å²) in [5.41, 5.74) is 5.13. The number of anilines is 2. The first-order valence-electron chi connectivity index (χ1n) is 11.9. The largest absolute Gasteiger partial charge is 0.481 e. The van der Waals surface area contributed by atoms with Gasteiger partial charge in [0.05, 0.1) is 19.3 Å². The van der Waals surface area contributed by atoms with E-state index in [-0.39, 0.29) is 17.7 Å². The SMILES string of the molecule is COc1cc(NCc2cn3cc(C4CC4)ccc3n2)cc(NC(=O)[C@H]2C[C@@H]2c2cccc(Cl)c2)n1. The second-order valence-electron chi connectivity index (χ2n) is 9.36. The fraction of sp³-hybridized carbons (Fsp3) is 0.296. The molecule has 1 aromatic carbocycles. The minimum atomic E-state index is -0.0867. The van der Waals surface area contributed by atoms with Crippen LogP contribution in [-0.2, 0) is 11.3 Å². The van der Waals surface area contributed by atoms with Crippen molar-refractivity contribution in [1.82, 2.24) is 14.4 Å². The average molecular weight is 488 g/mol. The number of halogens is 1. The van der Waals surface area contributed by atoms with E-state index in [1.165, 1.54) is 18.4 Å². The number of benzene rings is 1. The Hall–Kier alpha value is -3.58. The van der Waals surface area contributed by atoms with E-state index in [9.17, 15) is 4.79 Å². The van der Waals surface area contributed by atoms with Crippen LogP contribution in [0.5, 0.6) is 5.88 Å². The molecule has 0 bridgehead atoms. The summed E-state index contributed by atoms with van der Waals surface area (Å²) in [4.78, 5) is 22.0. The molecule has 2 N–H and O–H groups in total. The summed E-state index contributed by atoms with van der Waals surface area (Å²) >= 11 is 6.11. The van der Waals surface area contributed by atoms with Crippen LogP contribution in [-0.4, -0.2) is 27.4 Å². The third-order valence-corrected chi connectivity index (χ3v) is 6.95. The van der Waals surface area contributed by atoms with E-state index >= 15 is 0 Å². The molecule has 3 heterocycles. The number of rotatable bonds is 8. The Bertz CT molecular complexity index is 1410. The van der Waals surface area contributed by atoms with E-state index in [1.54, 1.807) is 7.11 Å². The van der Waals surface area contributed by atoms with E-state index in [0.717, 1.165) is 29.0 Å². The zero-order chi connectivity index (χ0) is 23.9. The summed E-state index contributed by atoms with van der Waals surface area (Å²) in [6.45, 7) is 0.542. The first kappa shape index (κ1) is 21.9. The van der Waals surface area contributed by atoms with Crippen molar-refractivity contribution in [3.8, 4) is 5.88 Å². The van der Waals surface area contributed by atoms with E-state index in [4.69, 9.17) is 21.3 Å². The molecule has 4 aromatic rings. The topological polar surface area (TPSA) is 80.5 Å². The first-order valence-corrected chi connectivity index (χ1v) is 12.3. The molecule has 0 radical (unpaired) electrons. The molecule has 3 aromatic heterocycles. The number of ether oxygens (including phenoxy) is 1. The number of carbonyl (C=O) groups excluding carboxylic acids is 1. The van der Waals surface area contributed by atoms with Gasteiger partial charge in [0.25, 0.3) is 0 Å². The number of pyridine rings is 2. The van der Waals surface area contributed by atoms with Crippen molar-refractivity contribution in [2.24, 2.45) is 5.92 Å². The number of nitrogens with one attached hydrogen (secondary N) is 2. The monoisotopic (exact) mass is 487 g/mol. The minimum Gasteiger partial charge on any atom is -0.481 e. The van der Waals surface area contributed by atoms with Gasteiger partial charge in [0.15, 0.2) is 0 Å². The summed E-state index contributed by atoms with van der Waals surface area (Å²) in [6, 6.07) is 15.6. The normalized spacial score (nSPS) is 18.9. The van der Waals surface area contributed by atoms with E-state index < -0.39 is 0 Å². The molecule has 2 saturated carbocycles. The van der Waals surface area contributed by atoms with Gasteiger partial charge in [-0.15, -0.1) is 0 Å². The lowest BCUT2D eigenvalue weighted by Crippen LogP contribution is -2.16. The summed E-state index contributed by atoms with van der Waals surface area (Å²) in [5, 5.41) is 7.02. The van der Waals surface area contributed by atoms with Crippen molar-refractivity contribution in [3.05, 3.63) is 82.8 Å². The Kier molecular flexibility index (Phi) is 5.57. The van der Waals surface area contributed by atoms with Crippen LogP contribution in [0.1, 0.15) is 47.9 Å². The summed E-state index contributed by atoms with van der Waals surface area (Å²) < 4.78 is 7.45. The van der Waals surface area contributed by atoms with E-state index in [0.29, 0.717) is 29.2 Å². The summed E-state index contributed by atoms with van der Waals surface area (Å²) in [6.07, 6.45) is 7.59. The Morgan fingerprint density at radius 2 is 2.00 bits per heavy atom. The van der Waals surface area contributed by atoms with Gasteiger partial charge in [0.1, 0.15) is 11.5 Å². The van der Waals surface area contributed by atoms with Gasteiger partial charge in [-0.05, 0) is 60.4 Å². The molecular weight excluding hydrogens is 462 g/mol. The number of hydrogen-bond donors (Lipinski definition) is 2. The highest BCUT2D eigenvalue weighted by Crippen LogP contribution is 2.48. The number of carbonyl (C=O) groups is 1. The molecule has 6 rings (SSSR count). The summed E-state index contributed by atoms with van der Waals surface area (Å²) in [7, 11) is 1.56. The van der Waals surface area contributed by atoms with Crippen molar-refractivity contribution in [3.63, 3.8) is 0 Å². The Morgan fingerprint density at radius 1 is 1.11 bits per heavy atom. The molecular formula is C27H26ClN5O2. The molecule has 35 heavy (non-hydrogen) atoms. The lowest BCUT2D eigenvalue weighted by Gasteiger charge is -2.11. The van der Waals surface area contributed by atoms with Gasteiger partial charge in [-0.3, -0.25) is 4.79 Å². The van der Waals surface area contributed by atoms with E-state index in [2.05, 4.69) is 44.5 Å². The van der Waals surface area contributed by atoms with Crippen molar-refractivity contribution in [2.75, 3.05) is 17.7 Å². The van der Waals surface area contributed by atoms with Crippen molar-refractivity contribution >= 4 is 34.7 Å². The number of fused-ring (bicyclic) bond motifs is 1. The van der Waals surface area contributed by atoms with Gasteiger partial charge in [0, 0.05) is 41.2 Å². The van der Waals surface area contributed by atoms with Gasteiger partial charge in [-0.1, -0.05) is 29.8 Å². The predicted molar refractivity (Wildman–Crippen MR) is 136 cm³/mol. The van der Waals surface area contributed by atoms with Crippen molar-refractivity contribution < 1.29 is 9.53 Å². The predicted octanol–water partition coefficient (Wildman–Crippen LogP) is 5.62. The van der Waals surface area contributed by atoms with Gasteiger partial charge in [-0.2, -0.15) is 4.98 Å². The van der Waals surface area contributed by atoms with Crippen LogP contribution in [0.2, 0.25) is 5.02 Å². The molecule has 0 spiro atoms. The zero-order valence-electron chi connectivity index (χ0n) is 19.4. The highest BCUT2D eigenvalue weighted by Gasteiger charge is 2.44. The molecule has 2 aliphatic carbocycles. The van der Waals surface area contributed by atoms with Crippen molar-refractivity contribution in [1.29, 1.82) is 0 Å². The minimum absolute atomic E-state index is 0.0477. The zero-order valence-corrected chi connectivity index (χ0v) is 20.1. The second kappa shape index (κ2) is 8.89. The maximum absolute atomic E-state index is 12.9. The third kappa shape index (κ3) is 4.82. The Balaban J connectivity index is 1.12. The maximum Gasteiger partial charge on any atom is 0.229 e. The van der Waals surface area contributed by atoms with Crippen LogP contribution in [0.3, 0.4) is 0 Å². The second-order valence-corrected chi connectivity index (χ2v) is 9.80. The molecule has 2 atom stereocenters. The number of aromatic nitrogens is 3. The van der Waals surface area contributed by atoms with Crippen LogP contribution < -0.4 is 15.4 Å². The molecule has 8 heteroatoms. The van der Waals surface area contributed by atoms with Crippen LogP contribution >= 0.6 is 11.6 Å². The molecule has 1 amide bonds. The number of hydrogen-bond acceptors (Lipinski definition) is 5. The molecule has 0 aliphatic heterocycles. The lowest BCUT2D eigenvalue weighted by atomic mass is 10.1. The Morgan fingerprint density at radius 3 is 2.80 bits per heavy atom. The van der Waals surface area contributed by atoms with Gasteiger partial charge < -0.3 is 19.8 Å². The number of methoxy groups -OCH3 is 1. The standard InChI is InChI=1S/C27H26ClN5O2/c1-35-26-11-20(29-13-21-15-33-14-18(16-5-6-16)7-8-25(33)30-21)10-24(31-26)32-27(34)23-12-22(23)17-3-2-4-19(28)9-17/h2-4,7-11,14-16,22-23H,5-6,12-13H2,1H3,(H2,29,31,32,34)/t22-,23+/m1/s1. The van der Waals surface area contributed by atoms with Crippen LogP contribution in [0.25, 0.3) is 5.65 Å². The van der Waals surface area contributed by atoms with Gasteiger partial charge in [-0.25, -0.2) is 4.98 Å². The fourth-order valence-electron chi connectivity index (χ4n) is 4.58. The van der Waals surface area contributed by atoms with Crippen LogP contribution in [0.15, 0.2) is 60.9 Å².